The van der Waals surface area contributed by atoms with Crippen molar-refractivity contribution < 1.29 is 9.32 Å². The maximum Gasteiger partial charge on any atom is 0.227 e. The number of nitrogens with zero attached hydrogens (tertiary/aromatic N) is 3. The Balaban J connectivity index is 1.53. The van der Waals surface area contributed by atoms with E-state index in [-0.39, 0.29) is 5.91 Å². The first-order valence-corrected chi connectivity index (χ1v) is 9.42. The Hall–Kier alpha value is -2.21. The van der Waals surface area contributed by atoms with Crippen LogP contribution in [0, 0.1) is 5.92 Å². The topological polar surface area (TPSA) is 71.3 Å². The molecule has 2 aromatic rings. The number of benzene rings is 1. The average molecular weight is 356 g/mol. The summed E-state index contributed by atoms with van der Waals surface area (Å²) in [6.07, 6.45) is 1.98. The highest BCUT2D eigenvalue weighted by atomic mass is 16.5. The molecule has 0 bridgehead atoms. The van der Waals surface area contributed by atoms with Crippen LogP contribution in [0.5, 0.6) is 0 Å². The van der Waals surface area contributed by atoms with Crippen molar-refractivity contribution in [1.29, 1.82) is 0 Å². The first kappa shape index (κ1) is 18.6. The van der Waals surface area contributed by atoms with Gasteiger partial charge in [0.15, 0.2) is 0 Å². The van der Waals surface area contributed by atoms with Gasteiger partial charge >= 0.3 is 0 Å². The largest absolute Gasteiger partial charge is 0.342 e. The van der Waals surface area contributed by atoms with Crippen LogP contribution in [-0.4, -0.2) is 47.6 Å². The van der Waals surface area contributed by atoms with Crippen LogP contribution < -0.4 is 5.32 Å². The van der Waals surface area contributed by atoms with E-state index in [1.54, 1.807) is 0 Å². The second kappa shape index (κ2) is 8.45. The lowest BCUT2D eigenvalue weighted by molar-refractivity contribution is -0.130. The molecule has 2 heterocycles. The van der Waals surface area contributed by atoms with Gasteiger partial charge in [-0.1, -0.05) is 43.3 Å². The quantitative estimate of drug-likeness (QED) is 0.826. The van der Waals surface area contributed by atoms with E-state index in [0.29, 0.717) is 36.4 Å². The third-order valence-electron chi connectivity index (χ3n) is 4.99. The number of hydrogen-bond donors (Lipinski definition) is 1. The summed E-state index contributed by atoms with van der Waals surface area (Å²) in [5.41, 5.74) is 2.22. The van der Waals surface area contributed by atoms with Gasteiger partial charge in [0.05, 0.1) is 0 Å². The Morgan fingerprint density at radius 3 is 2.81 bits per heavy atom. The second-order valence-electron chi connectivity index (χ2n) is 7.34. The minimum absolute atomic E-state index is 0.171. The molecule has 1 atom stereocenters. The van der Waals surface area contributed by atoms with Gasteiger partial charge < -0.3 is 14.7 Å². The van der Waals surface area contributed by atoms with Crippen molar-refractivity contribution in [3.05, 3.63) is 35.7 Å². The summed E-state index contributed by atoms with van der Waals surface area (Å²) >= 11 is 0. The van der Waals surface area contributed by atoms with Crippen LogP contribution in [0.1, 0.15) is 44.1 Å². The zero-order valence-corrected chi connectivity index (χ0v) is 15.9. The fraction of sp³-hybridized carbons (Fsp3) is 0.550. The molecule has 1 fully saturated rings. The number of rotatable bonds is 7. The Morgan fingerprint density at radius 1 is 1.35 bits per heavy atom. The molecule has 1 saturated heterocycles. The van der Waals surface area contributed by atoms with Crippen molar-refractivity contribution in [2.75, 3.05) is 26.7 Å². The molecule has 0 saturated carbocycles. The third kappa shape index (κ3) is 4.49. The van der Waals surface area contributed by atoms with E-state index >= 15 is 0 Å². The van der Waals surface area contributed by atoms with Gasteiger partial charge in [-0.15, -0.1) is 0 Å². The summed E-state index contributed by atoms with van der Waals surface area (Å²) in [6.45, 7) is 6.99. The molecule has 6 heteroatoms. The standard InChI is InChI=1S/C20H28N4O2/c1-14(2)16-4-6-17(7-5-16)20-22-18(26-23-20)8-9-19(25)24-11-10-15(13-24)12-21-3/h4-7,14-15,21H,8-13H2,1-3H3. The molecule has 1 aromatic heterocycles. The first-order chi connectivity index (χ1) is 12.6. The summed E-state index contributed by atoms with van der Waals surface area (Å²) in [5.74, 6) is 2.33. The maximum absolute atomic E-state index is 12.4. The van der Waals surface area contributed by atoms with Crippen LogP contribution in [-0.2, 0) is 11.2 Å². The third-order valence-corrected chi connectivity index (χ3v) is 4.99. The zero-order valence-electron chi connectivity index (χ0n) is 15.9. The molecule has 1 aliphatic rings. The van der Waals surface area contributed by atoms with Crippen LogP contribution in [0.25, 0.3) is 11.4 Å². The monoisotopic (exact) mass is 356 g/mol. The molecule has 0 spiro atoms. The molecule has 1 aliphatic heterocycles. The molecule has 3 rings (SSSR count). The summed E-state index contributed by atoms with van der Waals surface area (Å²) in [4.78, 5) is 18.7. The van der Waals surface area contributed by atoms with Gasteiger partial charge in [0, 0.05) is 31.5 Å². The van der Waals surface area contributed by atoms with Gasteiger partial charge in [-0.25, -0.2) is 0 Å². The van der Waals surface area contributed by atoms with Crippen molar-refractivity contribution in [2.24, 2.45) is 5.92 Å². The van der Waals surface area contributed by atoms with Crippen molar-refractivity contribution in [1.82, 2.24) is 20.4 Å². The van der Waals surface area contributed by atoms with Gasteiger partial charge in [-0.3, -0.25) is 4.79 Å². The molecule has 1 aromatic carbocycles. The first-order valence-electron chi connectivity index (χ1n) is 9.42. The van der Waals surface area contributed by atoms with E-state index < -0.39 is 0 Å². The highest BCUT2D eigenvalue weighted by molar-refractivity contribution is 5.76. The SMILES string of the molecule is CNCC1CCN(C(=O)CCc2nc(-c3ccc(C(C)C)cc3)no2)C1. The molecule has 0 aliphatic carbocycles. The van der Waals surface area contributed by atoms with E-state index in [2.05, 4.69) is 41.4 Å². The van der Waals surface area contributed by atoms with Crippen molar-refractivity contribution in [3.8, 4) is 11.4 Å². The van der Waals surface area contributed by atoms with Crippen molar-refractivity contribution in [2.45, 2.75) is 39.0 Å². The maximum atomic E-state index is 12.4. The van der Waals surface area contributed by atoms with Crippen molar-refractivity contribution >= 4 is 5.91 Å². The summed E-state index contributed by atoms with van der Waals surface area (Å²) in [7, 11) is 1.95. The highest BCUT2D eigenvalue weighted by Crippen LogP contribution is 2.21. The molecular weight excluding hydrogens is 328 g/mol. The predicted octanol–water partition coefficient (Wildman–Crippen LogP) is 2.86. The van der Waals surface area contributed by atoms with Gasteiger partial charge in [-0.2, -0.15) is 4.98 Å². The second-order valence-corrected chi connectivity index (χ2v) is 7.34. The molecule has 26 heavy (non-hydrogen) atoms. The summed E-state index contributed by atoms with van der Waals surface area (Å²) in [6, 6.07) is 8.21. The minimum Gasteiger partial charge on any atom is -0.342 e. The molecule has 6 nitrogen and oxygen atoms in total. The molecule has 1 amide bonds. The lowest BCUT2D eigenvalue weighted by atomic mass is 10.0. The van der Waals surface area contributed by atoms with Crippen LogP contribution in [0.2, 0.25) is 0 Å². The van der Waals surface area contributed by atoms with Crippen LogP contribution >= 0.6 is 0 Å². The lowest BCUT2D eigenvalue weighted by Crippen LogP contribution is -2.30. The van der Waals surface area contributed by atoms with Crippen LogP contribution in [0.15, 0.2) is 28.8 Å². The van der Waals surface area contributed by atoms with Crippen molar-refractivity contribution in [3.63, 3.8) is 0 Å². The fourth-order valence-corrected chi connectivity index (χ4v) is 3.38. The predicted molar refractivity (Wildman–Crippen MR) is 101 cm³/mol. The Kier molecular flexibility index (Phi) is 6.04. The summed E-state index contributed by atoms with van der Waals surface area (Å²) < 4.78 is 5.33. The number of hydrogen-bond acceptors (Lipinski definition) is 5. The van der Waals surface area contributed by atoms with E-state index in [1.165, 1.54) is 5.56 Å². The van der Waals surface area contributed by atoms with E-state index in [9.17, 15) is 4.79 Å². The Labute approximate surface area is 155 Å². The number of carbonyl (C=O) groups is 1. The normalized spacial score (nSPS) is 17.2. The number of carbonyl (C=O) groups excluding carboxylic acids is 1. The van der Waals surface area contributed by atoms with Gasteiger partial charge in [0.25, 0.3) is 0 Å². The number of nitrogens with one attached hydrogen (secondary N) is 1. The molecule has 140 valence electrons. The number of likely N-dealkylation sites (tertiary alicyclic amines) is 1. The van der Waals surface area contributed by atoms with Gasteiger partial charge in [0.2, 0.25) is 17.6 Å². The molecule has 1 N–H and O–H groups in total. The number of amides is 1. The Bertz CT molecular complexity index is 724. The van der Waals surface area contributed by atoms with E-state index in [1.807, 2.05) is 24.1 Å². The smallest absolute Gasteiger partial charge is 0.227 e. The molecule has 0 radical (unpaired) electrons. The average Bonchev–Trinajstić information content (AvgIpc) is 3.30. The van der Waals surface area contributed by atoms with E-state index in [0.717, 1.165) is 31.6 Å². The lowest BCUT2D eigenvalue weighted by Gasteiger charge is -2.15. The molecule has 1 unspecified atom stereocenters. The van der Waals surface area contributed by atoms with Crippen LogP contribution in [0.3, 0.4) is 0 Å². The van der Waals surface area contributed by atoms with Crippen LogP contribution in [0.4, 0.5) is 0 Å². The Morgan fingerprint density at radius 2 is 2.12 bits per heavy atom. The molecular formula is C20H28N4O2. The minimum atomic E-state index is 0.171. The number of aromatic nitrogens is 2. The fourth-order valence-electron chi connectivity index (χ4n) is 3.38. The highest BCUT2D eigenvalue weighted by Gasteiger charge is 2.25. The van der Waals surface area contributed by atoms with Gasteiger partial charge in [0.1, 0.15) is 0 Å². The van der Waals surface area contributed by atoms with Gasteiger partial charge in [-0.05, 0) is 37.4 Å². The van der Waals surface area contributed by atoms with E-state index in [4.69, 9.17) is 4.52 Å². The number of aryl methyl sites for hydroxylation is 1. The zero-order chi connectivity index (χ0) is 18.5. The summed E-state index contributed by atoms with van der Waals surface area (Å²) in [5, 5.41) is 7.24.